The van der Waals surface area contributed by atoms with Gasteiger partial charge in [-0.05, 0) is 18.2 Å². The Morgan fingerprint density at radius 3 is 2.74 bits per heavy atom. The molecule has 31 heavy (non-hydrogen) atoms. The topological polar surface area (TPSA) is 123 Å². The zero-order valence-corrected chi connectivity index (χ0v) is 17.6. The molecule has 0 spiro atoms. The molecule has 0 aliphatic carbocycles. The van der Waals surface area contributed by atoms with Crippen LogP contribution in [0, 0.1) is 0 Å². The third-order valence-corrected chi connectivity index (χ3v) is 5.42. The van der Waals surface area contributed by atoms with Crippen molar-refractivity contribution in [2.75, 3.05) is 29.9 Å². The summed E-state index contributed by atoms with van der Waals surface area (Å²) in [4.78, 5) is 55.3. The molecule has 11 nitrogen and oxygen atoms in total. The Balaban J connectivity index is 1.55. The number of benzene rings is 1. The van der Waals surface area contributed by atoms with Crippen LogP contribution in [-0.2, 0) is 30.2 Å². The number of fused-ring (bicyclic) bond motifs is 1. The zero-order valence-electron chi connectivity index (χ0n) is 16.9. The largest absolute Gasteiger partial charge is 0.359 e. The fourth-order valence-electron chi connectivity index (χ4n) is 3.57. The molecular formula is C19H20ClN7O4. The number of carbonyl (C=O) groups excluding carboxylic acids is 2. The molecule has 0 bridgehead atoms. The van der Waals surface area contributed by atoms with Crippen molar-refractivity contribution >= 4 is 46.0 Å². The van der Waals surface area contributed by atoms with Gasteiger partial charge in [-0.2, -0.15) is 0 Å². The molecule has 0 saturated carbocycles. The fraction of sp³-hybridized carbons (Fsp3) is 0.316. The lowest BCUT2D eigenvalue weighted by Gasteiger charge is -2.29. The lowest BCUT2D eigenvalue weighted by atomic mass is 10.2. The number of aromatic nitrogens is 4. The van der Waals surface area contributed by atoms with Crippen molar-refractivity contribution in [3.05, 3.63) is 50.4 Å². The number of hydrogen-bond acceptors (Lipinski definition) is 6. The second-order valence-electron chi connectivity index (χ2n) is 7.25. The summed E-state index contributed by atoms with van der Waals surface area (Å²) in [5.41, 5.74) is 0.344. The summed E-state index contributed by atoms with van der Waals surface area (Å²) in [7, 11) is 3.13. The second-order valence-corrected chi connectivity index (χ2v) is 7.65. The standard InChI is InChI=1S/C19H20ClN7O4/c1-24-10-22-17-16(24)18(30)27(19(31)25(17)2)9-15(29)23-11-3-4-13(12(20)7-11)26-6-5-21-14(28)8-26/h3-4,7,10H,5-6,8-9H2,1-2H3,(H,21,28)(H,23,29). The molecule has 0 atom stereocenters. The van der Waals surface area contributed by atoms with Crippen LogP contribution in [-0.4, -0.2) is 50.1 Å². The van der Waals surface area contributed by atoms with E-state index in [0.29, 0.717) is 29.5 Å². The van der Waals surface area contributed by atoms with Gasteiger partial charge in [-0.3, -0.25) is 19.0 Å². The summed E-state index contributed by atoms with van der Waals surface area (Å²) in [6, 6.07) is 4.92. The van der Waals surface area contributed by atoms with Crippen molar-refractivity contribution in [3.8, 4) is 0 Å². The molecule has 3 heterocycles. The molecule has 4 rings (SSSR count). The third-order valence-electron chi connectivity index (χ3n) is 5.11. The van der Waals surface area contributed by atoms with E-state index in [-0.39, 0.29) is 23.6 Å². The summed E-state index contributed by atoms with van der Waals surface area (Å²) in [5, 5.41) is 5.77. The normalized spacial score (nSPS) is 14.0. The van der Waals surface area contributed by atoms with Crippen molar-refractivity contribution in [2.24, 2.45) is 14.1 Å². The number of piperazine rings is 1. The maximum atomic E-state index is 12.7. The average Bonchev–Trinajstić information content (AvgIpc) is 3.11. The number of amides is 2. The number of hydrogen-bond donors (Lipinski definition) is 2. The Labute approximate surface area is 180 Å². The average molecular weight is 446 g/mol. The van der Waals surface area contributed by atoms with E-state index in [1.54, 1.807) is 25.2 Å². The van der Waals surface area contributed by atoms with E-state index in [1.165, 1.54) is 22.5 Å². The molecule has 162 valence electrons. The molecule has 2 N–H and O–H groups in total. The van der Waals surface area contributed by atoms with Crippen LogP contribution in [0.15, 0.2) is 34.1 Å². The van der Waals surface area contributed by atoms with Gasteiger partial charge in [-0.25, -0.2) is 14.3 Å². The Hall–Kier alpha value is -3.60. The molecule has 0 radical (unpaired) electrons. The summed E-state index contributed by atoms with van der Waals surface area (Å²) >= 11 is 6.35. The van der Waals surface area contributed by atoms with E-state index in [0.717, 1.165) is 4.57 Å². The molecule has 0 unspecified atom stereocenters. The molecule has 3 aromatic rings. The van der Waals surface area contributed by atoms with Crippen LogP contribution in [0.1, 0.15) is 0 Å². The number of nitrogens with one attached hydrogen (secondary N) is 2. The van der Waals surface area contributed by atoms with Crippen molar-refractivity contribution < 1.29 is 9.59 Å². The van der Waals surface area contributed by atoms with E-state index >= 15 is 0 Å². The van der Waals surface area contributed by atoms with E-state index in [9.17, 15) is 19.2 Å². The van der Waals surface area contributed by atoms with Crippen LogP contribution in [0.3, 0.4) is 0 Å². The van der Waals surface area contributed by atoms with Crippen molar-refractivity contribution in [1.29, 1.82) is 0 Å². The Kier molecular flexibility index (Phi) is 5.27. The van der Waals surface area contributed by atoms with Gasteiger partial charge in [0.1, 0.15) is 6.54 Å². The van der Waals surface area contributed by atoms with Crippen LogP contribution in [0.25, 0.3) is 11.2 Å². The third kappa shape index (κ3) is 3.79. The van der Waals surface area contributed by atoms with Gasteiger partial charge in [0.2, 0.25) is 11.8 Å². The smallest absolute Gasteiger partial charge is 0.332 e. The van der Waals surface area contributed by atoms with Gasteiger partial charge in [0.25, 0.3) is 5.56 Å². The molecule has 1 aromatic carbocycles. The van der Waals surface area contributed by atoms with Gasteiger partial charge >= 0.3 is 5.69 Å². The number of carbonyl (C=O) groups is 2. The fourth-order valence-corrected chi connectivity index (χ4v) is 3.87. The highest BCUT2D eigenvalue weighted by Crippen LogP contribution is 2.29. The molecule has 12 heteroatoms. The maximum Gasteiger partial charge on any atom is 0.332 e. The summed E-state index contributed by atoms with van der Waals surface area (Å²) in [5.74, 6) is -0.640. The number of nitrogens with zero attached hydrogens (tertiary/aromatic N) is 5. The van der Waals surface area contributed by atoms with Gasteiger partial charge in [0.05, 0.1) is 23.6 Å². The molecule has 2 aromatic heterocycles. The minimum absolute atomic E-state index is 0.0860. The Bertz CT molecular complexity index is 1320. The minimum atomic E-state index is -0.636. The first-order valence-corrected chi connectivity index (χ1v) is 9.86. The number of halogens is 1. The highest BCUT2D eigenvalue weighted by atomic mass is 35.5. The number of imidazole rings is 1. The lowest BCUT2D eigenvalue weighted by Crippen LogP contribution is -2.47. The number of rotatable bonds is 4. The predicted molar refractivity (Wildman–Crippen MR) is 116 cm³/mol. The molecule has 1 saturated heterocycles. The first-order chi connectivity index (χ1) is 14.8. The van der Waals surface area contributed by atoms with E-state index < -0.39 is 23.7 Å². The Morgan fingerprint density at radius 1 is 1.26 bits per heavy atom. The summed E-state index contributed by atoms with van der Waals surface area (Å²) in [6.45, 7) is 0.894. The van der Waals surface area contributed by atoms with Gasteiger partial charge in [0.15, 0.2) is 11.2 Å². The molecule has 1 fully saturated rings. The predicted octanol–water partition coefficient (Wildman–Crippen LogP) is -0.338. The summed E-state index contributed by atoms with van der Waals surface area (Å²) < 4.78 is 3.59. The van der Waals surface area contributed by atoms with Crippen LogP contribution in [0.2, 0.25) is 5.02 Å². The molecule has 2 amide bonds. The van der Waals surface area contributed by atoms with Gasteiger partial charge in [-0.15, -0.1) is 0 Å². The quantitative estimate of drug-likeness (QED) is 0.566. The monoisotopic (exact) mass is 445 g/mol. The van der Waals surface area contributed by atoms with E-state index in [4.69, 9.17) is 11.6 Å². The van der Waals surface area contributed by atoms with Crippen LogP contribution < -0.4 is 26.8 Å². The van der Waals surface area contributed by atoms with Gasteiger partial charge in [0, 0.05) is 32.9 Å². The Morgan fingerprint density at radius 2 is 2.03 bits per heavy atom. The first kappa shape index (κ1) is 20.7. The zero-order chi connectivity index (χ0) is 22.3. The van der Waals surface area contributed by atoms with Crippen molar-refractivity contribution in [3.63, 3.8) is 0 Å². The SMILES string of the molecule is Cn1cnc2c1c(=O)n(CC(=O)Nc1ccc(N3CCNC(=O)C3)c(Cl)c1)c(=O)n2C. The first-order valence-electron chi connectivity index (χ1n) is 9.48. The van der Waals surface area contributed by atoms with Crippen molar-refractivity contribution in [1.82, 2.24) is 24.0 Å². The molecule has 1 aliphatic heterocycles. The minimum Gasteiger partial charge on any atom is -0.359 e. The van der Waals surface area contributed by atoms with Crippen LogP contribution >= 0.6 is 11.6 Å². The highest BCUT2D eigenvalue weighted by molar-refractivity contribution is 6.33. The molecule has 1 aliphatic rings. The van der Waals surface area contributed by atoms with Crippen molar-refractivity contribution in [2.45, 2.75) is 6.54 Å². The van der Waals surface area contributed by atoms with E-state index in [1.807, 2.05) is 4.90 Å². The van der Waals surface area contributed by atoms with E-state index in [2.05, 4.69) is 15.6 Å². The second kappa shape index (κ2) is 7.91. The van der Waals surface area contributed by atoms with Gasteiger partial charge in [-0.1, -0.05) is 11.6 Å². The molecular weight excluding hydrogens is 426 g/mol. The van der Waals surface area contributed by atoms with Gasteiger partial charge < -0.3 is 20.1 Å². The number of aryl methyl sites for hydroxylation is 2. The van der Waals surface area contributed by atoms with Crippen LogP contribution in [0.5, 0.6) is 0 Å². The summed E-state index contributed by atoms with van der Waals surface area (Å²) in [6.07, 6.45) is 1.44. The number of anilines is 2. The lowest BCUT2D eigenvalue weighted by molar-refractivity contribution is -0.120. The highest BCUT2D eigenvalue weighted by Gasteiger charge is 2.20. The maximum absolute atomic E-state index is 12.7. The van der Waals surface area contributed by atoms with Crippen LogP contribution in [0.4, 0.5) is 11.4 Å².